The van der Waals surface area contributed by atoms with Crippen molar-refractivity contribution < 1.29 is 19.2 Å². The van der Waals surface area contributed by atoms with Gasteiger partial charge in [0.1, 0.15) is 17.3 Å². The van der Waals surface area contributed by atoms with Crippen molar-refractivity contribution in [1.82, 2.24) is 15.5 Å². The number of aryl methyl sites for hydroxylation is 1. The Morgan fingerprint density at radius 3 is 2.73 bits per heavy atom. The smallest absolute Gasteiger partial charge is 0.335 e. The zero-order valence-electron chi connectivity index (χ0n) is 17.5. The number of amides is 1. The van der Waals surface area contributed by atoms with E-state index in [1.165, 1.54) is 0 Å². The van der Waals surface area contributed by atoms with Gasteiger partial charge in [-0.1, -0.05) is 17.3 Å². The summed E-state index contributed by atoms with van der Waals surface area (Å²) in [7, 11) is 0. The molecule has 2 aromatic carbocycles. The lowest BCUT2D eigenvalue weighted by Crippen LogP contribution is -2.22. The highest BCUT2D eigenvalue weighted by atomic mass is 32.1. The normalized spacial score (nSPS) is 11.1. The van der Waals surface area contributed by atoms with Gasteiger partial charge in [0.15, 0.2) is 0 Å². The molecule has 5 aromatic rings. The van der Waals surface area contributed by atoms with Crippen molar-refractivity contribution in [2.45, 2.75) is 13.5 Å². The summed E-state index contributed by atoms with van der Waals surface area (Å²) in [6.45, 7) is 2.06. The Morgan fingerprint density at radius 1 is 1.06 bits per heavy atom. The molecule has 5 rings (SSSR count). The van der Waals surface area contributed by atoms with Crippen molar-refractivity contribution in [1.29, 1.82) is 0 Å². The Hall–Kier alpha value is -4.24. The molecule has 0 saturated heterocycles. The summed E-state index contributed by atoms with van der Waals surface area (Å²) in [5.41, 5.74) is 2.59. The maximum atomic E-state index is 12.6. The minimum absolute atomic E-state index is 0.179. The second-order valence-electron chi connectivity index (χ2n) is 7.48. The van der Waals surface area contributed by atoms with E-state index in [1.54, 1.807) is 60.7 Å². The van der Waals surface area contributed by atoms with E-state index < -0.39 is 5.97 Å². The summed E-state index contributed by atoms with van der Waals surface area (Å²) >= 11 is 1.56. The van der Waals surface area contributed by atoms with Gasteiger partial charge in [-0.3, -0.25) is 4.79 Å². The zero-order chi connectivity index (χ0) is 22.9. The Balaban J connectivity index is 1.43. The third-order valence-corrected chi connectivity index (χ3v) is 6.08. The topological polar surface area (TPSA) is 117 Å². The summed E-state index contributed by atoms with van der Waals surface area (Å²) in [6, 6.07) is 15.8. The molecule has 0 aliphatic rings. The van der Waals surface area contributed by atoms with Gasteiger partial charge < -0.3 is 20.3 Å². The van der Waals surface area contributed by atoms with Crippen LogP contribution in [0.4, 0.5) is 11.5 Å². The molecule has 3 aromatic heterocycles. The van der Waals surface area contributed by atoms with E-state index in [9.17, 15) is 14.7 Å². The number of carboxylic acids is 1. The van der Waals surface area contributed by atoms with E-state index in [-0.39, 0.29) is 18.0 Å². The highest BCUT2D eigenvalue weighted by Gasteiger charge is 2.13. The van der Waals surface area contributed by atoms with E-state index in [0.717, 1.165) is 15.5 Å². The summed E-state index contributed by atoms with van der Waals surface area (Å²) in [5, 5.41) is 23.1. The van der Waals surface area contributed by atoms with Crippen molar-refractivity contribution in [3.05, 3.63) is 82.6 Å². The molecular weight excluding hydrogens is 440 g/mol. The van der Waals surface area contributed by atoms with Gasteiger partial charge in [-0.2, -0.15) is 0 Å². The van der Waals surface area contributed by atoms with Gasteiger partial charge in [0.2, 0.25) is 0 Å². The maximum absolute atomic E-state index is 12.6. The lowest BCUT2D eigenvalue weighted by molar-refractivity contribution is 0.0696. The Bertz CT molecular complexity index is 1520. The quantitative estimate of drug-likeness (QED) is 0.323. The van der Waals surface area contributed by atoms with Crippen LogP contribution in [0.3, 0.4) is 0 Å². The fraction of sp³-hybridized carbons (Fsp3) is 0.0833. The standard InChI is InChI=1S/C24H18N4O4S/c1-13-9-17(28-32-13)12-25-23(29)14-3-2-4-16(10-14)26-22-19-7-8-33-21(19)18-6-5-15(24(30)31)11-20(18)27-22/h2-11H,12H2,1H3,(H,25,29)(H,26,27)(H,30,31). The van der Waals surface area contributed by atoms with E-state index in [2.05, 4.69) is 20.8 Å². The monoisotopic (exact) mass is 458 g/mol. The van der Waals surface area contributed by atoms with Crippen LogP contribution in [-0.2, 0) is 6.54 Å². The van der Waals surface area contributed by atoms with Gasteiger partial charge in [-0.25, -0.2) is 9.78 Å². The first kappa shape index (κ1) is 20.7. The van der Waals surface area contributed by atoms with Crippen molar-refractivity contribution >= 4 is 55.7 Å². The van der Waals surface area contributed by atoms with Crippen LogP contribution in [0.5, 0.6) is 0 Å². The molecule has 3 N–H and O–H groups in total. The number of carbonyl (C=O) groups is 2. The van der Waals surface area contributed by atoms with Crippen LogP contribution in [0.25, 0.3) is 21.0 Å². The van der Waals surface area contributed by atoms with Gasteiger partial charge in [0.25, 0.3) is 5.91 Å². The molecule has 0 atom stereocenters. The Labute approximate surface area is 191 Å². The van der Waals surface area contributed by atoms with Crippen LogP contribution in [-0.4, -0.2) is 27.1 Å². The van der Waals surface area contributed by atoms with Crippen molar-refractivity contribution in [2.75, 3.05) is 5.32 Å². The minimum Gasteiger partial charge on any atom is -0.478 e. The van der Waals surface area contributed by atoms with Crippen molar-refractivity contribution in [3.8, 4) is 0 Å². The molecule has 8 nitrogen and oxygen atoms in total. The van der Waals surface area contributed by atoms with Crippen LogP contribution in [0.15, 0.2) is 64.5 Å². The predicted molar refractivity (Wildman–Crippen MR) is 126 cm³/mol. The number of aromatic carboxylic acids is 1. The predicted octanol–water partition coefficient (Wildman–Crippen LogP) is 5.12. The van der Waals surface area contributed by atoms with Crippen molar-refractivity contribution in [3.63, 3.8) is 0 Å². The number of fused-ring (bicyclic) bond motifs is 3. The number of carbonyl (C=O) groups excluding carboxylic acids is 1. The molecule has 3 heterocycles. The Morgan fingerprint density at radius 2 is 1.94 bits per heavy atom. The summed E-state index contributed by atoms with van der Waals surface area (Å²) in [6.07, 6.45) is 0. The Kier molecular flexibility index (Phi) is 5.23. The van der Waals surface area contributed by atoms with Crippen LogP contribution in [0, 0.1) is 6.92 Å². The number of hydrogen-bond donors (Lipinski definition) is 3. The SMILES string of the molecule is Cc1cc(CNC(=O)c2cccc(Nc3nc4cc(C(=O)O)ccc4c4sccc34)c2)no1. The molecule has 0 aliphatic heterocycles. The molecular formula is C24H18N4O4S. The van der Waals surface area contributed by atoms with E-state index in [1.807, 2.05) is 17.5 Å². The first-order chi connectivity index (χ1) is 16.0. The second kappa shape index (κ2) is 8.36. The maximum Gasteiger partial charge on any atom is 0.335 e. The summed E-state index contributed by atoms with van der Waals surface area (Å²) in [5.74, 6) is 0.0389. The molecule has 164 valence electrons. The number of benzene rings is 2. The second-order valence-corrected chi connectivity index (χ2v) is 8.39. The number of nitrogens with zero attached hydrogens (tertiary/aromatic N) is 2. The first-order valence-corrected chi connectivity index (χ1v) is 11.0. The van der Waals surface area contributed by atoms with Crippen LogP contribution >= 0.6 is 11.3 Å². The van der Waals surface area contributed by atoms with Crippen LogP contribution in [0.2, 0.25) is 0 Å². The van der Waals surface area contributed by atoms with Gasteiger partial charge in [-0.15, -0.1) is 11.3 Å². The van der Waals surface area contributed by atoms with Gasteiger partial charge in [-0.05, 0) is 48.7 Å². The molecule has 1 amide bonds. The number of anilines is 2. The lowest BCUT2D eigenvalue weighted by atomic mass is 10.1. The van der Waals surface area contributed by atoms with Crippen LogP contribution in [0.1, 0.15) is 32.2 Å². The summed E-state index contributed by atoms with van der Waals surface area (Å²) < 4.78 is 6.03. The number of pyridine rings is 1. The highest BCUT2D eigenvalue weighted by molar-refractivity contribution is 7.18. The third-order valence-electron chi connectivity index (χ3n) is 5.14. The largest absolute Gasteiger partial charge is 0.478 e. The van der Waals surface area contributed by atoms with Crippen LogP contribution < -0.4 is 10.6 Å². The molecule has 0 bridgehead atoms. The lowest BCUT2D eigenvalue weighted by Gasteiger charge is -2.11. The van der Waals surface area contributed by atoms with E-state index >= 15 is 0 Å². The van der Waals surface area contributed by atoms with Crippen molar-refractivity contribution in [2.24, 2.45) is 0 Å². The average Bonchev–Trinajstić information content (AvgIpc) is 3.47. The molecule has 33 heavy (non-hydrogen) atoms. The number of hydrogen-bond acceptors (Lipinski definition) is 7. The zero-order valence-corrected chi connectivity index (χ0v) is 18.3. The number of aromatic nitrogens is 2. The molecule has 0 radical (unpaired) electrons. The number of rotatable bonds is 6. The summed E-state index contributed by atoms with van der Waals surface area (Å²) in [4.78, 5) is 28.7. The molecule has 0 unspecified atom stereocenters. The number of nitrogens with one attached hydrogen (secondary N) is 2. The molecule has 0 fully saturated rings. The fourth-order valence-corrected chi connectivity index (χ4v) is 4.51. The van der Waals surface area contributed by atoms with Gasteiger partial charge in [0.05, 0.1) is 17.6 Å². The minimum atomic E-state index is -1.00. The van der Waals surface area contributed by atoms with E-state index in [0.29, 0.717) is 34.0 Å². The van der Waals surface area contributed by atoms with Gasteiger partial charge >= 0.3 is 5.97 Å². The van der Waals surface area contributed by atoms with E-state index in [4.69, 9.17) is 4.52 Å². The fourth-order valence-electron chi connectivity index (χ4n) is 3.58. The molecule has 0 spiro atoms. The third kappa shape index (κ3) is 4.13. The molecule has 9 heteroatoms. The number of carboxylic acid groups (broad SMARTS) is 1. The molecule has 0 aliphatic carbocycles. The molecule has 0 saturated carbocycles. The average molecular weight is 458 g/mol. The van der Waals surface area contributed by atoms with Gasteiger partial charge in [0, 0.05) is 32.8 Å². The highest BCUT2D eigenvalue weighted by Crippen LogP contribution is 2.35. The first-order valence-electron chi connectivity index (χ1n) is 10.1. The number of thiophene rings is 1.